The van der Waals surface area contributed by atoms with E-state index in [0.717, 1.165) is 65.0 Å². The Labute approximate surface area is 157 Å². The van der Waals surface area contributed by atoms with Gasteiger partial charge in [-0.3, -0.25) is 9.69 Å². The van der Waals surface area contributed by atoms with Crippen molar-refractivity contribution in [3.63, 3.8) is 0 Å². The third-order valence-corrected chi connectivity index (χ3v) is 6.33. The number of nitrogens with one attached hydrogen (secondary N) is 1. The highest BCUT2D eigenvalue weighted by molar-refractivity contribution is 5.89. The summed E-state index contributed by atoms with van der Waals surface area (Å²) in [6.07, 6.45) is 4.35. The van der Waals surface area contributed by atoms with Crippen molar-refractivity contribution in [2.24, 2.45) is 0 Å². The number of piperazine rings is 1. The van der Waals surface area contributed by atoms with Crippen LogP contribution in [0.5, 0.6) is 0 Å². The average molecular weight is 364 g/mol. The smallest absolute Gasteiger partial charge is 0.233 e. The molecule has 0 aromatic heterocycles. The maximum atomic E-state index is 13.4. The van der Waals surface area contributed by atoms with Crippen LogP contribution in [0.25, 0.3) is 0 Å². The van der Waals surface area contributed by atoms with E-state index in [1.165, 1.54) is 11.1 Å². The van der Waals surface area contributed by atoms with Gasteiger partial charge in [-0.2, -0.15) is 0 Å². The van der Waals surface area contributed by atoms with Crippen LogP contribution in [0, 0.1) is 0 Å². The van der Waals surface area contributed by atoms with E-state index < -0.39 is 0 Å². The van der Waals surface area contributed by atoms with Gasteiger partial charge < -0.3 is 10.2 Å². The molecule has 2 heterocycles. The molecule has 0 spiro atoms. The number of halogens is 1. The number of rotatable bonds is 2. The van der Waals surface area contributed by atoms with Gasteiger partial charge in [-0.1, -0.05) is 24.3 Å². The summed E-state index contributed by atoms with van der Waals surface area (Å²) in [5.41, 5.74) is 2.32. The normalized spacial score (nSPS) is 29.8. The first-order chi connectivity index (χ1) is 11.7. The minimum absolute atomic E-state index is 0. The lowest BCUT2D eigenvalue weighted by Gasteiger charge is -2.38. The van der Waals surface area contributed by atoms with Crippen LogP contribution < -0.4 is 5.32 Å². The molecule has 0 bridgehead atoms. The maximum absolute atomic E-state index is 13.4. The van der Waals surface area contributed by atoms with Crippen molar-refractivity contribution in [2.75, 3.05) is 39.3 Å². The van der Waals surface area contributed by atoms with Crippen LogP contribution >= 0.6 is 12.4 Å². The number of hydrogen-bond donors (Lipinski definition) is 1. The molecule has 0 radical (unpaired) electrons. The number of fused-ring (bicyclic) bond motifs is 1. The van der Waals surface area contributed by atoms with E-state index in [1.54, 1.807) is 0 Å². The molecule has 4 nitrogen and oxygen atoms in total. The molecular formula is C20H30ClN3O. The topological polar surface area (TPSA) is 35.6 Å². The molecule has 2 fully saturated rings. The molecule has 138 valence electrons. The van der Waals surface area contributed by atoms with Crippen LogP contribution in [0.1, 0.15) is 37.3 Å². The summed E-state index contributed by atoms with van der Waals surface area (Å²) in [4.78, 5) is 18.1. The summed E-state index contributed by atoms with van der Waals surface area (Å²) in [5.74, 6) is 0.354. The second kappa shape index (κ2) is 7.65. The van der Waals surface area contributed by atoms with Gasteiger partial charge in [0.25, 0.3) is 0 Å². The Morgan fingerprint density at radius 1 is 1.20 bits per heavy atom. The number of hydrogen-bond acceptors (Lipinski definition) is 3. The summed E-state index contributed by atoms with van der Waals surface area (Å²) < 4.78 is 0. The number of likely N-dealkylation sites (tertiary alicyclic amines) is 1. The van der Waals surface area contributed by atoms with Gasteiger partial charge in [0.2, 0.25) is 5.91 Å². The van der Waals surface area contributed by atoms with Crippen LogP contribution in [-0.2, 0) is 16.6 Å². The van der Waals surface area contributed by atoms with Gasteiger partial charge in [0, 0.05) is 45.3 Å². The van der Waals surface area contributed by atoms with Crippen LogP contribution in [-0.4, -0.2) is 61.0 Å². The van der Waals surface area contributed by atoms with Crippen LogP contribution in [0.4, 0.5) is 0 Å². The summed E-state index contributed by atoms with van der Waals surface area (Å²) in [7, 11) is 0. The minimum atomic E-state index is -0.326. The highest BCUT2D eigenvalue weighted by atomic mass is 35.5. The molecule has 1 aromatic carbocycles. The van der Waals surface area contributed by atoms with E-state index in [-0.39, 0.29) is 17.8 Å². The minimum Gasteiger partial charge on any atom is -0.340 e. The predicted molar refractivity (Wildman–Crippen MR) is 103 cm³/mol. The lowest BCUT2D eigenvalue weighted by molar-refractivity contribution is -0.136. The van der Waals surface area contributed by atoms with E-state index in [2.05, 4.69) is 46.3 Å². The van der Waals surface area contributed by atoms with Crippen LogP contribution in [0.3, 0.4) is 0 Å². The Kier molecular flexibility index (Phi) is 5.71. The van der Waals surface area contributed by atoms with Gasteiger partial charge in [-0.25, -0.2) is 0 Å². The molecule has 2 atom stereocenters. The van der Waals surface area contributed by atoms with Crippen LogP contribution in [0.2, 0.25) is 0 Å². The molecule has 1 N–H and O–H groups in total. The van der Waals surface area contributed by atoms with E-state index >= 15 is 0 Å². The molecule has 25 heavy (non-hydrogen) atoms. The van der Waals surface area contributed by atoms with Crippen molar-refractivity contribution in [3.05, 3.63) is 35.4 Å². The second-order valence-electron chi connectivity index (χ2n) is 7.82. The highest BCUT2D eigenvalue weighted by Gasteiger charge is 2.43. The second-order valence-corrected chi connectivity index (χ2v) is 7.82. The summed E-state index contributed by atoms with van der Waals surface area (Å²) in [6, 6.07) is 9.12. The number of carbonyl (C=O) groups is 1. The van der Waals surface area contributed by atoms with E-state index in [0.29, 0.717) is 11.9 Å². The zero-order chi connectivity index (χ0) is 16.6. The number of amides is 1. The molecule has 2 saturated heterocycles. The standard InChI is InChI=1S/C20H29N3O.ClH/c1-20(9-4-6-16-5-2-3-7-18(16)20)19(24)23-12-8-17(15-23)22-13-10-21-11-14-22;/h2-3,5,7,17,21H,4,6,8-15H2,1H3;1H. The van der Waals surface area contributed by atoms with Gasteiger partial charge in [-0.15, -0.1) is 12.4 Å². The first kappa shape index (κ1) is 18.7. The SMILES string of the molecule is CC1(C(=O)N2CCC(N3CCNCC3)C2)CCCc2ccccc21.Cl. The van der Waals surface area contributed by atoms with Crippen LogP contribution in [0.15, 0.2) is 24.3 Å². The third kappa shape index (κ3) is 3.44. The van der Waals surface area contributed by atoms with Crippen molar-refractivity contribution in [3.8, 4) is 0 Å². The Morgan fingerprint density at radius 3 is 2.76 bits per heavy atom. The fourth-order valence-electron chi connectivity index (χ4n) is 4.89. The molecule has 2 aliphatic heterocycles. The number of nitrogens with zero attached hydrogens (tertiary/aromatic N) is 2. The number of aryl methyl sites for hydroxylation is 1. The van der Waals surface area contributed by atoms with Crippen molar-refractivity contribution in [1.29, 1.82) is 0 Å². The van der Waals surface area contributed by atoms with Gasteiger partial charge in [-0.05, 0) is 43.7 Å². The fourth-order valence-corrected chi connectivity index (χ4v) is 4.89. The fraction of sp³-hybridized carbons (Fsp3) is 0.650. The molecular weight excluding hydrogens is 334 g/mol. The third-order valence-electron chi connectivity index (χ3n) is 6.33. The monoisotopic (exact) mass is 363 g/mol. The van der Waals surface area contributed by atoms with Crippen molar-refractivity contribution < 1.29 is 4.79 Å². The lowest BCUT2D eigenvalue weighted by atomic mass is 9.70. The van der Waals surface area contributed by atoms with E-state index in [1.807, 2.05) is 0 Å². The molecule has 1 aromatic rings. The highest BCUT2D eigenvalue weighted by Crippen LogP contribution is 2.39. The molecule has 4 rings (SSSR count). The average Bonchev–Trinajstić information content (AvgIpc) is 3.12. The van der Waals surface area contributed by atoms with Gasteiger partial charge in [0.1, 0.15) is 0 Å². The van der Waals surface area contributed by atoms with E-state index in [4.69, 9.17) is 0 Å². The van der Waals surface area contributed by atoms with E-state index in [9.17, 15) is 4.79 Å². The molecule has 3 aliphatic rings. The Hall–Kier alpha value is -1.10. The van der Waals surface area contributed by atoms with Crippen molar-refractivity contribution >= 4 is 18.3 Å². The first-order valence-electron chi connectivity index (χ1n) is 9.51. The number of carbonyl (C=O) groups excluding carboxylic acids is 1. The zero-order valence-corrected chi connectivity index (χ0v) is 16.0. The maximum Gasteiger partial charge on any atom is 0.233 e. The van der Waals surface area contributed by atoms with Crippen molar-refractivity contribution in [1.82, 2.24) is 15.1 Å². The molecule has 5 heteroatoms. The zero-order valence-electron chi connectivity index (χ0n) is 15.2. The Bertz CT molecular complexity index is 617. The Balaban J connectivity index is 0.00000182. The Morgan fingerprint density at radius 2 is 1.96 bits per heavy atom. The lowest BCUT2D eigenvalue weighted by Crippen LogP contribution is -2.51. The van der Waals surface area contributed by atoms with Gasteiger partial charge in [0.05, 0.1) is 5.41 Å². The molecule has 1 aliphatic carbocycles. The summed E-state index contributed by atoms with van der Waals surface area (Å²) in [6.45, 7) is 8.40. The summed E-state index contributed by atoms with van der Waals surface area (Å²) >= 11 is 0. The van der Waals surface area contributed by atoms with Gasteiger partial charge >= 0.3 is 0 Å². The molecule has 2 unspecified atom stereocenters. The quantitative estimate of drug-likeness (QED) is 0.875. The predicted octanol–water partition coefficient (Wildman–Crippen LogP) is 2.21. The van der Waals surface area contributed by atoms with Crippen molar-refractivity contribution in [2.45, 2.75) is 44.1 Å². The number of benzene rings is 1. The molecule has 0 saturated carbocycles. The van der Waals surface area contributed by atoms with Gasteiger partial charge in [0.15, 0.2) is 0 Å². The first-order valence-corrected chi connectivity index (χ1v) is 9.51. The molecule has 1 amide bonds. The largest absolute Gasteiger partial charge is 0.340 e. The summed E-state index contributed by atoms with van der Waals surface area (Å²) in [5, 5.41) is 3.42.